The Morgan fingerprint density at radius 3 is 2.71 bits per heavy atom. The zero-order chi connectivity index (χ0) is 16.9. The second kappa shape index (κ2) is 8.03. The van der Waals surface area contributed by atoms with Gasteiger partial charge in [-0.15, -0.1) is 0 Å². The van der Waals surface area contributed by atoms with Gasteiger partial charge in [0.05, 0.1) is 0 Å². The van der Waals surface area contributed by atoms with Gasteiger partial charge in [-0.3, -0.25) is 4.79 Å². The lowest BCUT2D eigenvalue weighted by Crippen LogP contribution is -2.44. The van der Waals surface area contributed by atoms with Crippen LogP contribution in [0.5, 0.6) is 0 Å². The zero-order valence-corrected chi connectivity index (χ0v) is 14.7. The largest absolute Gasteiger partial charge is 0.364 e. The number of rotatable bonds is 4. The molecule has 0 aromatic carbocycles. The van der Waals surface area contributed by atoms with Crippen LogP contribution in [0.15, 0.2) is 12.4 Å². The van der Waals surface area contributed by atoms with E-state index in [2.05, 4.69) is 26.8 Å². The number of hydrogen-bond acceptors (Lipinski definition) is 5. The van der Waals surface area contributed by atoms with Crippen molar-refractivity contribution in [3.05, 3.63) is 23.8 Å². The van der Waals surface area contributed by atoms with Gasteiger partial charge in [-0.05, 0) is 83.7 Å². The summed E-state index contributed by atoms with van der Waals surface area (Å²) in [6, 6.07) is 2.52. The SMILES string of the molecule is CN1CCC(N2CCCC(Cc3cc(C(N)=O)ncn3)CC2)CC1. The molecule has 2 fully saturated rings. The Balaban J connectivity index is 1.54. The summed E-state index contributed by atoms with van der Waals surface area (Å²) in [4.78, 5) is 24.7. The fourth-order valence-electron chi connectivity index (χ4n) is 4.06. The topological polar surface area (TPSA) is 75.3 Å². The standard InChI is InChI=1S/C18H29N5O/c1-22-8-5-16(6-9-22)23-7-2-3-14(4-10-23)11-15-12-17(18(19)24)21-13-20-15/h12-14,16H,2-11H2,1H3,(H2,19,24). The fraction of sp³-hybridized carbons (Fsp3) is 0.722. The molecule has 24 heavy (non-hydrogen) atoms. The number of aromatic nitrogens is 2. The van der Waals surface area contributed by atoms with Gasteiger partial charge in [-0.25, -0.2) is 9.97 Å². The normalized spacial score (nSPS) is 24.6. The lowest BCUT2D eigenvalue weighted by molar-refractivity contribution is 0.0995. The first kappa shape index (κ1) is 17.3. The number of nitrogens with zero attached hydrogens (tertiary/aromatic N) is 4. The number of primary amides is 1. The van der Waals surface area contributed by atoms with Crippen LogP contribution >= 0.6 is 0 Å². The quantitative estimate of drug-likeness (QED) is 0.900. The highest BCUT2D eigenvalue weighted by molar-refractivity contribution is 5.90. The van der Waals surface area contributed by atoms with Crippen molar-refractivity contribution in [3.63, 3.8) is 0 Å². The molecule has 1 amide bonds. The van der Waals surface area contributed by atoms with Crippen molar-refractivity contribution in [2.75, 3.05) is 33.2 Å². The van der Waals surface area contributed by atoms with Gasteiger partial charge < -0.3 is 15.5 Å². The van der Waals surface area contributed by atoms with E-state index in [4.69, 9.17) is 5.73 Å². The van der Waals surface area contributed by atoms with E-state index in [1.807, 2.05) is 0 Å². The number of piperidine rings is 1. The van der Waals surface area contributed by atoms with E-state index >= 15 is 0 Å². The molecule has 2 saturated heterocycles. The third-order valence-electron chi connectivity index (χ3n) is 5.56. The minimum absolute atomic E-state index is 0.321. The number of nitrogens with two attached hydrogens (primary N) is 1. The monoisotopic (exact) mass is 331 g/mol. The average Bonchev–Trinajstić information content (AvgIpc) is 2.81. The second-order valence-corrected chi connectivity index (χ2v) is 7.33. The number of amides is 1. The zero-order valence-electron chi connectivity index (χ0n) is 14.7. The molecular formula is C18H29N5O. The Labute approximate surface area is 144 Å². The molecule has 3 heterocycles. The highest BCUT2D eigenvalue weighted by Gasteiger charge is 2.26. The number of likely N-dealkylation sites (tertiary alicyclic amines) is 2. The molecule has 1 unspecified atom stereocenters. The van der Waals surface area contributed by atoms with Gasteiger partial charge in [-0.2, -0.15) is 0 Å². The predicted molar refractivity (Wildman–Crippen MR) is 93.7 cm³/mol. The summed E-state index contributed by atoms with van der Waals surface area (Å²) in [5.41, 5.74) is 6.57. The molecule has 1 aromatic heterocycles. The van der Waals surface area contributed by atoms with Crippen molar-refractivity contribution in [1.29, 1.82) is 0 Å². The smallest absolute Gasteiger partial charge is 0.267 e. The molecule has 6 heteroatoms. The molecule has 2 N–H and O–H groups in total. The molecule has 2 aliphatic heterocycles. The molecule has 0 saturated carbocycles. The van der Waals surface area contributed by atoms with Crippen LogP contribution in [-0.4, -0.2) is 64.9 Å². The maximum absolute atomic E-state index is 11.3. The lowest BCUT2D eigenvalue weighted by atomic mass is 9.95. The Morgan fingerprint density at radius 2 is 1.96 bits per heavy atom. The van der Waals surface area contributed by atoms with Crippen molar-refractivity contribution in [2.45, 2.75) is 44.6 Å². The molecular weight excluding hydrogens is 302 g/mol. The van der Waals surface area contributed by atoms with E-state index in [0.717, 1.165) is 18.2 Å². The van der Waals surface area contributed by atoms with E-state index in [-0.39, 0.29) is 0 Å². The van der Waals surface area contributed by atoms with Crippen molar-refractivity contribution in [3.8, 4) is 0 Å². The summed E-state index contributed by atoms with van der Waals surface area (Å²) in [5, 5.41) is 0. The van der Waals surface area contributed by atoms with Crippen LogP contribution in [-0.2, 0) is 6.42 Å². The van der Waals surface area contributed by atoms with Gasteiger partial charge in [0.1, 0.15) is 12.0 Å². The molecule has 1 aromatic rings. The van der Waals surface area contributed by atoms with Gasteiger partial charge >= 0.3 is 0 Å². The summed E-state index contributed by atoms with van der Waals surface area (Å²) >= 11 is 0. The van der Waals surface area contributed by atoms with Crippen LogP contribution in [0.4, 0.5) is 0 Å². The van der Waals surface area contributed by atoms with Crippen LogP contribution < -0.4 is 5.73 Å². The third-order valence-corrected chi connectivity index (χ3v) is 5.56. The third kappa shape index (κ3) is 4.51. The Hall–Kier alpha value is -1.53. The van der Waals surface area contributed by atoms with Crippen molar-refractivity contribution < 1.29 is 4.79 Å². The molecule has 0 spiro atoms. The van der Waals surface area contributed by atoms with Gasteiger partial charge in [0, 0.05) is 11.7 Å². The van der Waals surface area contributed by atoms with Crippen molar-refractivity contribution >= 4 is 5.91 Å². The van der Waals surface area contributed by atoms with E-state index in [9.17, 15) is 4.79 Å². The lowest BCUT2D eigenvalue weighted by Gasteiger charge is -2.36. The summed E-state index contributed by atoms with van der Waals surface area (Å²) in [6.07, 6.45) is 8.68. The highest BCUT2D eigenvalue weighted by Crippen LogP contribution is 2.25. The minimum atomic E-state index is -0.479. The molecule has 1 atom stereocenters. The summed E-state index contributed by atoms with van der Waals surface area (Å²) in [5.74, 6) is 0.157. The Morgan fingerprint density at radius 1 is 1.17 bits per heavy atom. The van der Waals surface area contributed by atoms with E-state index < -0.39 is 5.91 Å². The van der Waals surface area contributed by atoms with Crippen LogP contribution in [0.25, 0.3) is 0 Å². The van der Waals surface area contributed by atoms with Crippen molar-refractivity contribution in [1.82, 2.24) is 19.8 Å². The predicted octanol–water partition coefficient (Wildman–Crippen LogP) is 1.31. The van der Waals surface area contributed by atoms with E-state index in [1.165, 1.54) is 64.6 Å². The first-order valence-electron chi connectivity index (χ1n) is 9.15. The summed E-state index contributed by atoms with van der Waals surface area (Å²) in [7, 11) is 2.22. The molecule has 2 aliphatic rings. The first-order chi connectivity index (χ1) is 11.6. The average molecular weight is 331 g/mol. The van der Waals surface area contributed by atoms with Gasteiger partial charge in [0.2, 0.25) is 0 Å². The first-order valence-corrected chi connectivity index (χ1v) is 9.15. The summed E-state index contributed by atoms with van der Waals surface area (Å²) < 4.78 is 0. The molecule has 3 rings (SSSR count). The molecule has 132 valence electrons. The fourth-order valence-corrected chi connectivity index (χ4v) is 4.06. The highest BCUT2D eigenvalue weighted by atomic mass is 16.1. The van der Waals surface area contributed by atoms with E-state index in [1.54, 1.807) is 6.07 Å². The number of carbonyl (C=O) groups excluding carboxylic acids is 1. The maximum Gasteiger partial charge on any atom is 0.267 e. The van der Waals surface area contributed by atoms with Gasteiger partial charge in [0.15, 0.2) is 0 Å². The Kier molecular flexibility index (Phi) is 5.79. The molecule has 0 radical (unpaired) electrons. The van der Waals surface area contributed by atoms with Crippen LogP contribution in [0, 0.1) is 5.92 Å². The Bertz CT molecular complexity index is 556. The van der Waals surface area contributed by atoms with Crippen LogP contribution in [0.1, 0.15) is 48.3 Å². The van der Waals surface area contributed by atoms with Crippen molar-refractivity contribution in [2.24, 2.45) is 11.7 Å². The molecule has 6 nitrogen and oxygen atoms in total. The maximum atomic E-state index is 11.3. The van der Waals surface area contributed by atoms with Gasteiger partial charge in [0.25, 0.3) is 5.91 Å². The van der Waals surface area contributed by atoms with Crippen LogP contribution in [0.3, 0.4) is 0 Å². The second-order valence-electron chi connectivity index (χ2n) is 7.33. The van der Waals surface area contributed by atoms with Crippen LogP contribution in [0.2, 0.25) is 0 Å². The van der Waals surface area contributed by atoms with E-state index in [0.29, 0.717) is 11.6 Å². The number of hydrogen-bond donors (Lipinski definition) is 1. The summed E-state index contributed by atoms with van der Waals surface area (Å²) in [6.45, 7) is 4.86. The number of carbonyl (C=O) groups is 1. The van der Waals surface area contributed by atoms with Gasteiger partial charge in [-0.1, -0.05) is 0 Å². The minimum Gasteiger partial charge on any atom is -0.364 e. The molecule has 0 aliphatic carbocycles. The molecule has 0 bridgehead atoms.